The van der Waals surface area contributed by atoms with Gasteiger partial charge in [0.05, 0.1) is 11.6 Å². The molecule has 0 unspecified atom stereocenters. The SMILES string of the molecule is CN(C)c1c(Br)cc(CN2CCC(C(=O)O)CC2)cc1Br. The summed E-state index contributed by atoms with van der Waals surface area (Å²) in [6.07, 6.45) is 1.49. The molecular weight excluding hydrogens is 400 g/mol. The number of likely N-dealkylation sites (tertiary alicyclic amines) is 1. The molecule has 0 saturated carbocycles. The average Bonchev–Trinajstić information content (AvgIpc) is 2.37. The second-order valence-corrected chi connectivity index (χ2v) is 7.40. The molecule has 1 aliphatic heterocycles. The molecule has 0 spiro atoms. The maximum atomic E-state index is 11.0. The number of halogens is 2. The van der Waals surface area contributed by atoms with E-state index >= 15 is 0 Å². The first-order valence-electron chi connectivity index (χ1n) is 6.99. The summed E-state index contributed by atoms with van der Waals surface area (Å²) in [6.45, 7) is 2.56. The van der Waals surface area contributed by atoms with Crippen molar-refractivity contribution in [1.82, 2.24) is 4.90 Å². The number of aliphatic carboxylic acids is 1. The number of carboxylic acids is 1. The third-order valence-corrected chi connectivity index (χ3v) is 5.08. The van der Waals surface area contributed by atoms with Crippen LogP contribution in [-0.4, -0.2) is 43.2 Å². The Morgan fingerprint density at radius 2 is 1.81 bits per heavy atom. The summed E-state index contributed by atoms with van der Waals surface area (Å²) in [4.78, 5) is 15.4. The van der Waals surface area contributed by atoms with Gasteiger partial charge in [-0.2, -0.15) is 0 Å². The van der Waals surface area contributed by atoms with Gasteiger partial charge in [-0.25, -0.2) is 0 Å². The Balaban J connectivity index is 2.03. The minimum Gasteiger partial charge on any atom is -0.481 e. The van der Waals surface area contributed by atoms with Crippen LogP contribution in [0.25, 0.3) is 0 Å². The lowest BCUT2D eigenvalue weighted by molar-refractivity contribution is -0.143. The van der Waals surface area contributed by atoms with Gasteiger partial charge in [0.1, 0.15) is 0 Å². The monoisotopic (exact) mass is 418 g/mol. The van der Waals surface area contributed by atoms with Crippen molar-refractivity contribution in [2.24, 2.45) is 5.92 Å². The highest BCUT2D eigenvalue weighted by molar-refractivity contribution is 9.11. The zero-order valence-electron chi connectivity index (χ0n) is 12.3. The number of anilines is 1. The predicted molar refractivity (Wildman–Crippen MR) is 91.8 cm³/mol. The zero-order valence-corrected chi connectivity index (χ0v) is 15.4. The fraction of sp³-hybridized carbons (Fsp3) is 0.533. The summed E-state index contributed by atoms with van der Waals surface area (Å²) in [5.74, 6) is -0.827. The Labute approximate surface area is 142 Å². The lowest BCUT2D eigenvalue weighted by atomic mass is 9.97. The van der Waals surface area contributed by atoms with E-state index in [4.69, 9.17) is 5.11 Å². The summed E-state index contributed by atoms with van der Waals surface area (Å²) in [5, 5.41) is 9.03. The first-order chi connectivity index (χ1) is 9.88. The molecule has 6 heteroatoms. The average molecular weight is 420 g/mol. The Morgan fingerprint density at radius 1 is 1.29 bits per heavy atom. The van der Waals surface area contributed by atoms with Crippen molar-refractivity contribution in [3.05, 3.63) is 26.6 Å². The fourth-order valence-corrected chi connectivity index (χ4v) is 4.72. The van der Waals surface area contributed by atoms with E-state index in [0.717, 1.165) is 47.1 Å². The van der Waals surface area contributed by atoms with Crippen LogP contribution in [0.2, 0.25) is 0 Å². The number of rotatable bonds is 4. The molecule has 1 aliphatic rings. The molecule has 1 fully saturated rings. The molecule has 116 valence electrons. The molecule has 4 nitrogen and oxygen atoms in total. The topological polar surface area (TPSA) is 43.8 Å². The second-order valence-electron chi connectivity index (χ2n) is 5.69. The minimum atomic E-state index is -0.657. The van der Waals surface area contributed by atoms with E-state index in [-0.39, 0.29) is 5.92 Å². The number of nitrogens with zero attached hydrogens (tertiary/aromatic N) is 2. The number of benzene rings is 1. The zero-order chi connectivity index (χ0) is 15.6. The van der Waals surface area contributed by atoms with Crippen LogP contribution in [0.15, 0.2) is 21.1 Å². The molecule has 1 saturated heterocycles. The third kappa shape index (κ3) is 4.20. The molecule has 21 heavy (non-hydrogen) atoms. The molecule has 0 amide bonds. The van der Waals surface area contributed by atoms with Gasteiger partial charge in [0.25, 0.3) is 0 Å². The first kappa shape index (κ1) is 16.8. The van der Waals surface area contributed by atoms with E-state index in [1.54, 1.807) is 0 Å². The quantitative estimate of drug-likeness (QED) is 0.809. The van der Waals surface area contributed by atoms with Gasteiger partial charge in [-0.3, -0.25) is 9.69 Å². The summed E-state index contributed by atoms with van der Waals surface area (Å²) in [6, 6.07) is 4.28. The smallest absolute Gasteiger partial charge is 0.306 e. The molecule has 0 aromatic heterocycles. The van der Waals surface area contributed by atoms with Gasteiger partial charge in [0.15, 0.2) is 0 Å². The first-order valence-corrected chi connectivity index (χ1v) is 8.57. The lowest BCUT2D eigenvalue weighted by Crippen LogP contribution is -2.35. The number of hydrogen-bond acceptors (Lipinski definition) is 3. The minimum absolute atomic E-state index is 0.171. The maximum absolute atomic E-state index is 11.0. The van der Waals surface area contributed by atoms with Crippen LogP contribution in [0.1, 0.15) is 18.4 Å². The summed E-state index contributed by atoms with van der Waals surface area (Å²) in [7, 11) is 4.03. The van der Waals surface area contributed by atoms with Crippen LogP contribution in [0.5, 0.6) is 0 Å². The van der Waals surface area contributed by atoms with Crippen LogP contribution in [0.3, 0.4) is 0 Å². The van der Waals surface area contributed by atoms with Gasteiger partial charge >= 0.3 is 5.97 Å². The highest BCUT2D eigenvalue weighted by Gasteiger charge is 2.24. The van der Waals surface area contributed by atoms with Crippen LogP contribution >= 0.6 is 31.9 Å². The predicted octanol–water partition coefficient (Wildman–Crippen LogP) is 3.57. The van der Waals surface area contributed by atoms with Crippen molar-refractivity contribution in [3.8, 4) is 0 Å². The molecule has 1 aromatic carbocycles. The van der Waals surface area contributed by atoms with Crippen LogP contribution in [0.4, 0.5) is 5.69 Å². The summed E-state index contributed by atoms with van der Waals surface area (Å²) >= 11 is 7.25. The van der Waals surface area contributed by atoms with Gasteiger partial charge in [-0.05, 0) is 75.5 Å². The van der Waals surface area contributed by atoms with Gasteiger partial charge in [0.2, 0.25) is 0 Å². The van der Waals surface area contributed by atoms with Crippen molar-refractivity contribution in [1.29, 1.82) is 0 Å². The van der Waals surface area contributed by atoms with Crippen molar-refractivity contribution in [3.63, 3.8) is 0 Å². The number of carboxylic acid groups (broad SMARTS) is 1. The Morgan fingerprint density at radius 3 is 2.24 bits per heavy atom. The van der Waals surface area contributed by atoms with E-state index in [1.807, 2.05) is 14.1 Å². The Hall–Kier alpha value is -0.590. The van der Waals surface area contributed by atoms with E-state index in [2.05, 4.69) is 53.8 Å². The van der Waals surface area contributed by atoms with E-state index < -0.39 is 5.97 Å². The molecule has 1 N–H and O–H groups in total. The van der Waals surface area contributed by atoms with Crippen LogP contribution < -0.4 is 4.90 Å². The maximum Gasteiger partial charge on any atom is 0.306 e. The normalized spacial score (nSPS) is 17.0. The molecule has 1 aromatic rings. The van der Waals surface area contributed by atoms with Gasteiger partial charge in [-0.1, -0.05) is 0 Å². The van der Waals surface area contributed by atoms with Crippen molar-refractivity contribution >= 4 is 43.5 Å². The number of hydrogen-bond donors (Lipinski definition) is 1. The van der Waals surface area contributed by atoms with Crippen molar-refractivity contribution in [2.45, 2.75) is 19.4 Å². The van der Waals surface area contributed by atoms with Gasteiger partial charge in [0, 0.05) is 29.6 Å². The molecule has 0 aliphatic carbocycles. The molecular formula is C15H20Br2N2O2. The van der Waals surface area contributed by atoms with Crippen molar-refractivity contribution < 1.29 is 9.90 Å². The number of piperidine rings is 1. The van der Waals surface area contributed by atoms with E-state index in [0.29, 0.717) is 0 Å². The molecule has 0 atom stereocenters. The van der Waals surface area contributed by atoms with Gasteiger partial charge < -0.3 is 10.0 Å². The highest BCUT2D eigenvalue weighted by Crippen LogP contribution is 2.35. The summed E-state index contributed by atoms with van der Waals surface area (Å²) in [5.41, 5.74) is 2.36. The largest absolute Gasteiger partial charge is 0.481 e. The number of carbonyl (C=O) groups is 1. The van der Waals surface area contributed by atoms with Crippen molar-refractivity contribution in [2.75, 3.05) is 32.1 Å². The lowest BCUT2D eigenvalue weighted by Gasteiger charge is -2.30. The molecule has 0 radical (unpaired) electrons. The van der Waals surface area contributed by atoms with Crippen LogP contribution in [-0.2, 0) is 11.3 Å². The fourth-order valence-electron chi connectivity index (χ4n) is 2.73. The van der Waals surface area contributed by atoms with E-state index in [1.165, 1.54) is 5.56 Å². The molecule has 1 heterocycles. The molecule has 0 bridgehead atoms. The second kappa shape index (κ2) is 7.11. The summed E-state index contributed by atoms with van der Waals surface area (Å²) < 4.78 is 2.13. The molecule has 2 rings (SSSR count). The standard InChI is InChI=1S/C15H20Br2N2O2/c1-18(2)14-12(16)7-10(8-13(14)17)9-19-5-3-11(4-6-19)15(20)21/h7-8,11H,3-6,9H2,1-2H3,(H,20,21). The third-order valence-electron chi connectivity index (χ3n) is 3.87. The van der Waals surface area contributed by atoms with Crippen LogP contribution in [0, 0.1) is 5.92 Å². The Bertz CT molecular complexity index is 503. The van der Waals surface area contributed by atoms with Gasteiger partial charge in [-0.15, -0.1) is 0 Å². The highest BCUT2D eigenvalue weighted by atomic mass is 79.9. The Kier molecular flexibility index (Phi) is 5.68. The van der Waals surface area contributed by atoms with E-state index in [9.17, 15) is 4.79 Å².